The van der Waals surface area contributed by atoms with Gasteiger partial charge in [0.25, 0.3) is 0 Å². The third-order valence-corrected chi connectivity index (χ3v) is 4.08. The first-order valence-corrected chi connectivity index (χ1v) is 7.81. The third kappa shape index (κ3) is 3.60. The van der Waals surface area contributed by atoms with E-state index in [1.54, 1.807) is 0 Å². The highest BCUT2D eigenvalue weighted by atomic mass is 35.5. The summed E-state index contributed by atoms with van der Waals surface area (Å²) >= 11 is 6.03. The van der Waals surface area contributed by atoms with Crippen LogP contribution in [-0.2, 0) is 10.3 Å². The molecule has 3 rings (SSSR count). The fourth-order valence-corrected chi connectivity index (χ4v) is 2.69. The lowest BCUT2D eigenvalue weighted by Gasteiger charge is -2.18. The molecule has 2 aromatic rings. The van der Waals surface area contributed by atoms with Crippen molar-refractivity contribution in [3.8, 4) is 5.75 Å². The molecule has 114 valence electrons. The van der Waals surface area contributed by atoms with Gasteiger partial charge in [-0.25, -0.2) is 0 Å². The first-order valence-electron chi connectivity index (χ1n) is 7.43. The first-order chi connectivity index (χ1) is 10.7. The molecule has 4 heteroatoms. The molecule has 1 fully saturated rings. The van der Waals surface area contributed by atoms with Crippen molar-refractivity contribution in [2.75, 3.05) is 6.61 Å². The summed E-state index contributed by atoms with van der Waals surface area (Å²) in [6.45, 7) is 0.376. The minimum Gasteiger partial charge on any atom is -0.493 e. The second kappa shape index (κ2) is 6.41. The van der Waals surface area contributed by atoms with Gasteiger partial charge in [-0.3, -0.25) is 4.79 Å². The number of ether oxygens (including phenoxy) is 1. The number of benzene rings is 2. The van der Waals surface area contributed by atoms with Crippen molar-refractivity contribution in [1.82, 2.24) is 5.32 Å². The van der Waals surface area contributed by atoms with Crippen molar-refractivity contribution in [3.63, 3.8) is 0 Å². The van der Waals surface area contributed by atoms with E-state index >= 15 is 0 Å². The lowest BCUT2D eigenvalue weighted by atomic mass is 10.0. The molecule has 0 radical (unpaired) electrons. The summed E-state index contributed by atoms with van der Waals surface area (Å²) in [6, 6.07) is 17.2. The number of halogens is 1. The highest BCUT2D eigenvalue weighted by molar-refractivity contribution is 6.30. The Morgan fingerprint density at radius 1 is 1.14 bits per heavy atom. The Morgan fingerprint density at radius 2 is 1.91 bits per heavy atom. The lowest BCUT2D eigenvalue weighted by Crippen LogP contribution is -2.35. The molecule has 0 unspecified atom stereocenters. The van der Waals surface area contributed by atoms with Gasteiger partial charge in [-0.2, -0.15) is 0 Å². The van der Waals surface area contributed by atoms with Crippen LogP contribution >= 0.6 is 11.6 Å². The minimum absolute atomic E-state index is 0.00778. The highest BCUT2D eigenvalue weighted by Crippen LogP contribution is 2.46. The van der Waals surface area contributed by atoms with Gasteiger partial charge in [-0.05, 0) is 42.7 Å². The van der Waals surface area contributed by atoms with Gasteiger partial charge in [-0.1, -0.05) is 41.9 Å². The number of hydrogen-bond acceptors (Lipinski definition) is 2. The summed E-state index contributed by atoms with van der Waals surface area (Å²) in [5.74, 6) is 0.791. The van der Waals surface area contributed by atoms with E-state index in [-0.39, 0.29) is 11.4 Å². The van der Waals surface area contributed by atoms with Crippen LogP contribution in [0.1, 0.15) is 24.8 Å². The number of para-hydroxylation sites is 1. The molecule has 1 N–H and O–H groups in total. The van der Waals surface area contributed by atoms with E-state index in [9.17, 15) is 4.79 Å². The number of rotatable bonds is 6. The van der Waals surface area contributed by atoms with Crippen molar-refractivity contribution in [2.45, 2.75) is 24.8 Å². The van der Waals surface area contributed by atoms with Crippen LogP contribution in [0.3, 0.4) is 0 Å². The Labute approximate surface area is 135 Å². The van der Waals surface area contributed by atoms with Gasteiger partial charge < -0.3 is 10.1 Å². The van der Waals surface area contributed by atoms with E-state index < -0.39 is 0 Å². The second-order valence-corrected chi connectivity index (χ2v) is 5.99. The minimum atomic E-state index is -0.227. The molecular formula is C18H18ClNO2. The molecule has 0 bridgehead atoms. The molecule has 0 saturated heterocycles. The second-order valence-electron chi connectivity index (χ2n) is 5.55. The van der Waals surface area contributed by atoms with E-state index in [4.69, 9.17) is 16.3 Å². The number of carbonyl (C=O) groups excluding carboxylic acids is 1. The van der Waals surface area contributed by atoms with Crippen LogP contribution in [0, 0.1) is 0 Å². The third-order valence-electron chi connectivity index (χ3n) is 3.85. The molecule has 2 aromatic carbocycles. The van der Waals surface area contributed by atoms with Gasteiger partial charge >= 0.3 is 0 Å². The fraction of sp³-hybridized carbons (Fsp3) is 0.278. The molecule has 22 heavy (non-hydrogen) atoms. The Morgan fingerprint density at radius 3 is 2.59 bits per heavy atom. The average Bonchev–Trinajstić information content (AvgIpc) is 3.29. The number of hydrogen-bond donors (Lipinski definition) is 1. The van der Waals surface area contributed by atoms with Gasteiger partial charge in [0.2, 0.25) is 5.91 Å². The van der Waals surface area contributed by atoms with Crippen LogP contribution in [0.4, 0.5) is 0 Å². The highest BCUT2D eigenvalue weighted by Gasteiger charge is 2.45. The van der Waals surface area contributed by atoms with Gasteiger partial charge in [0.05, 0.1) is 18.6 Å². The summed E-state index contributed by atoms with van der Waals surface area (Å²) < 4.78 is 5.55. The normalized spacial score (nSPS) is 15.1. The maximum atomic E-state index is 12.1. The van der Waals surface area contributed by atoms with Gasteiger partial charge in [0.1, 0.15) is 5.75 Å². The summed E-state index contributed by atoms with van der Waals surface area (Å²) in [7, 11) is 0. The van der Waals surface area contributed by atoms with E-state index in [0.717, 1.165) is 24.2 Å². The zero-order chi connectivity index (χ0) is 15.4. The largest absolute Gasteiger partial charge is 0.493 e. The molecule has 1 aliphatic carbocycles. The molecule has 3 nitrogen and oxygen atoms in total. The van der Waals surface area contributed by atoms with Crippen LogP contribution in [0.25, 0.3) is 0 Å². The predicted octanol–water partition coefficient (Wildman–Crippen LogP) is 3.91. The van der Waals surface area contributed by atoms with Gasteiger partial charge in [0.15, 0.2) is 0 Å². The summed E-state index contributed by atoms with van der Waals surface area (Å²) in [6.07, 6.45) is 2.26. The molecule has 1 saturated carbocycles. The maximum Gasteiger partial charge on any atom is 0.224 e. The average molecular weight is 316 g/mol. The zero-order valence-corrected chi connectivity index (χ0v) is 13.0. The quantitative estimate of drug-likeness (QED) is 0.877. The Hall–Kier alpha value is -2.00. The standard InChI is InChI=1S/C18H18ClNO2/c19-15-6-4-5-14(13-15)18(10-11-18)20-17(21)9-12-22-16-7-2-1-3-8-16/h1-8,13H,9-12H2,(H,20,21). The van der Waals surface area contributed by atoms with Crippen LogP contribution in [0.2, 0.25) is 5.02 Å². The molecule has 0 atom stereocenters. The zero-order valence-electron chi connectivity index (χ0n) is 12.2. The fourth-order valence-electron chi connectivity index (χ4n) is 2.50. The summed E-state index contributed by atoms with van der Waals surface area (Å²) in [5, 5.41) is 3.82. The Kier molecular flexibility index (Phi) is 4.34. The van der Waals surface area contributed by atoms with Crippen LogP contribution in [0.15, 0.2) is 54.6 Å². The number of carbonyl (C=O) groups is 1. The molecule has 0 spiro atoms. The maximum absolute atomic E-state index is 12.1. The SMILES string of the molecule is O=C(CCOc1ccccc1)NC1(c2cccc(Cl)c2)CC1. The van der Waals surface area contributed by atoms with Gasteiger partial charge in [-0.15, -0.1) is 0 Å². The van der Waals surface area contributed by atoms with E-state index in [0.29, 0.717) is 18.1 Å². The topological polar surface area (TPSA) is 38.3 Å². The Bertz CT molecular complexity index is 653. The molecule has 1 aliphatic rings. The monoisotopic (exact) mass is 315 g/mol. The van der Waals surface area contributed by atoms with Crippen LogP contribution in [0.5, 0.6) is 5.75 Å². The lowest BCUT2D eigenvalue weighted by molar-refractivity contribution is -0.122. The summed E-state index contributed by atoms with van der Waals surface area (Å²) in [4.78, 5) is 12.1. The van der Waals surface area contributed by atoms with Crippen molar-refractivity contribution in [1.29, 1.82) is 0 Å². The van der Waals surface area contributed by atoms with E-state index in [2.05, 4.69) is 5.32 Å². The van der Waals surface area contributed by atoms with Crippen molar-refractivity contribution >= 4 is 17.5 Å². The first kappa shape index (κ1) is 14.9. The molecule has 1 amide bonds. The van der Waals surface area contributed by atoms with Crippen molar-refractivity contribution < 1.29 is 9.53 Å². The number of nitrogens with one attached hydrogen (secondary N) is 1. The van der Waals surface area contributed by atoms with Gasteiger partial charge in [0, 0.05) is 5.02 Å². The summed E-state index contributed by atoms with van der Waals surface area (Å²) in [5.41, 5.74) is 0.853. The molecular weight excluding hydrogens is 298 g/mol. The van der Waals surface area contributed by atoms with Crippen molar-refractivity contribution in [3.05, 3.63) is 65.2 Å². The predicted molar refractivity (Wildman–Crippen MR) is 87.1 cm³/mol. The van der Waals surface area contributed by atoms with Crippen molar-refractivity contribution in [2.24, 2.45) is 0 Å². The van der Waals surface area contributed by atoms with Crippen LogP contribution in [-0.4, -0.2) is 12.5 Å². The molecule has 0 aliphatic heterocycles. The van der Waals surface area contributed by atoms with E-state index in [1.807, 2.05) is 54.6 Å². The molecule has 0 aromatic heterocycles. The smallest absolute Gasteiger partial charge is 0.224 e. The Balaban J connectivity index is 1.51. The van der Waals surface area contributed by atoms with E-state index in [1.165, 1.54) is 0 Å². The molecule has 0 heterocycles. The number of amides is 1. The van der Waals surface area contributed by atoms with Crippen LogP contribution < -0.4 is 10.1 Å².